The number of pyridine rings is 1. The third-order valence-electron chi connectivity index (χ3n) is 3.35. The van der Waals surface area contributed by atoms with Gasteiger partial charge in [-0.1, -0.05) is 47.5 Å². The Labute approximate surface area is 138 Å². The van der Waals surface area contributed by atoms with Crippen LogP contribution in [0.2, 0.25) is 10.0 Å². The number of ether oxygens (including phenoxy) is 1. The van der Waals surface area contributed by atoms with E-state index in [4.69, 9.17) is 27.9 Å². The second-order valence-electron chi connectivity index (χ2n) is 4.83. The molecular weight excluding hydrogens is 319 g/mol. The number of aromatic nitrogens is 1. The minimum atomic E-state index is 0.595. The molecule has 0 aliphatic heterocycles. The fourth-order valence-electron chi connectivity index (χ4n) is 2.23. The van der Waals surface area contributed by atoms with Crippen molar-refractivity contribution in [3.63, 3.8) is 0 Å². The fourth-order valence-corrected chi connectivity index (χ4v) is 2.69. The summed E-state index contributed by atoms with van der Waals surface area (Å²) in [4.78, 5) is 4.56. The Balaban J connectivity index is 1.82. The van der Waals surface area contributed by atoms with Crippen LogP contribution in [-0.4, -0.2) is 12.1 Å². The highest BCUT2D eigenvalue weighted by molar-refractivity contribution is 6.35. The van der Waals surface area contributed by atoms with Gasteiger partial charge in [0.2, 0.25) is 0 Å². The van der Waals surface area contributed by atoms with Gasteiger partial charge in [0.1, 0.15) is 11.6 Å². The molecule has 0 atom stereocenters. The number of hydrogen-bond donors (Lipinski definition) is 1. The van der Waals surface area contributed by atoms with Gasteiger partial charge < -0.3 is 10.1 Å². The van der Waals surface area contributed by atoms with Crippen molar-refractivity contribution in [3.05, 3.63) is 64.1 Å². The van der Waals surface area contributed by atoms with E-state index < -0.39 is 0 Å². The largest absolute Gasteiger partial charge is 0.495 e. The molecule has 0 saturated carbocycles. The third-order valence-corrected chi connectivity index (χ3v) is 3.98. The first kappa shape index (κ1) is 14.9. The van der Waals surface area contributed by atoms with Crippen molar-refractivity contribution in [3.8, 4) is 5.75 Å². The highest BCUT2D eigenvalue weighted by atomic mass is 35.5. The summed E-state index contributed by atoms with van der Waals surface area (Å²) in [5, 5.41) is 5.50. The zero-order chi connectivity index (χ0) is 15.5. The van der Waals surface area contributed by atoms with E-state index in [1.165, 1.54) is 0 Å². The van der Waals surface area contributed by atoms with E-state index >= 15 is 0 Å². The number of para-hydroxylation sites is 1. The summed E-state index contributed by atoms with van der Waals surface area (Å²) in [7, 11) is 1.60. The Hall–Kier alpha value is -1.97. The van der Waals surface area contributed by atoms with Crippen LogP contribution in [0, 0.1) is 0 Å². The van der Waals surface area contributed by atoms with Crippen molar-refractivity contribution < 1.29 is 4.74 Å². The Kier molecular flexibility index (Phi) is 4.36. The normalized spacial score (nSPS) is 10.7. The molecule has 0 bridgehead atoms. The van der Waals surface area contributed by atoms with Crippen LogP contribution in [-0.2, 0) is 6.54 Å². The lowest BCUT2D eigenvalue weighted by atomic mass is 10.2. The van der Waals surface area contributed by atoms with Gasteiger partial charge in [-0.2, -0.15) is 0 Å². The molecule has 22 heavy (non-hydrogen) atoms. The summed E-state index contributed by atoms with van der Waals surface area (Å²) in [5.74, 6) is 1.39. The molecule has 2 aromatic carbocycles. The Bertz CT molecular complexity index is 821. The first-order valence-corrected chi connectivity index (χ1v) is 7.54. The number of rotatable bonds is 4. The number of nitrogens with zero attached hydrogens (tertiary/aromatic N) is 1. The SMILES string of the molecule is COc1cc(CNc2cc(Cl)c3ccccc3n2)ccc1Cl. The number of benzene rings is 2. The van der Waals surface area contributed by atoms with Gasteiger partial charge in [-0.05, 0) is 29.8 Å². The molecule has 5 heteroatoms. The zero-order valence-corrected chi connectivity index (χ0v) is 13.4. The maximum absolute atomic E-state index is 6.29. The van der Waals surface area contributed by atoms with Crippen molar-refractivity contribution in [2.24, 2.45) is 0 Å². The Morgan fingerprint density at radius 1 is 1.05 bits per heavy atom. The highest BCUT2D eigenvalue weighted by Gasteiger charge is 2.05. The van der Waals surface area contributed by atoms with Crippen LogP contribution in [0.1, 0.15) is 5.56 Å². The van der Waals surface area contributed by atoms with Crippen LogP contribution < -0.4 is 10.1 Å². The predicted molar refractivity (Wildman–Crippen MR) is 92.1 cm³/mol. The molecule has 3 aromatic rings. The molecule has 1 aromatic heterocycles. The second-order valence-corrected chi connectivity index (χ2v) is 5.64. The van der Waals surface area contributed by atoms with Crippen molar-refractivity contribution in [1.82, 2.24) is 4.98 Å². The van der Waals surface area contributed by atoms with Crippen LogP contribution in [0.25, 0.3) is 10.9 Å². The van der Waals surface area contributed by atoms with Gasteiger partial charge in [-0.15, -0.1) is 0 Å². The number of fused-ring (bicyclic) bond motifs is 1. The van der Waals surface area contributed by atoms with Crippen LogP contribution in [0.5, 0.6) is 5.75 Å². The van der Waals surface area contributed by atoms with E-state index in [-0.39, 0.29) is 0 Å². The minimum Gasteiger partial charge on any atom is -0.495 e. The maximum Gasteiger partial charge on any atom is 0.137 e. The lowest BCUT2D eigenvalue weighted by Crippen LogP contribution is -2.02. The topological polar surface area (TPSA) is 34.1 Å². The summed E-state index contributed by atoms with van der Waals surface area (Å²) in [6.45, 7) is 0.606. The van der Waals surface area contributed by atoms with Gasteiger partial charge in [0.15, 0.2) is 0 Å². The van der Waals surface area contributed by atoms with E-state index in [0.29, 0.717) is 22.3 Å². The van der Waals surface area contributed by atoms with Gasteiger partial charge >= 0.3 is 0 Å². The standard InChI is InChI=1S/C17H14Cl2N2O/c1-22-16-8-11(6-7-13(16)18)10-20-17-9-14(19)12-4-2-3-5-15(12)21-17/h2-9H,10H2,1H3,(H,20,21). The van der Waals surface area contributed by atoms with Gasteiger partial charge in [0.25, 0.3) is 0 Å². The Morgan fingerprint density at radius 2 is 1.86 bits per heavy atom. The summed E-state index contributed by atoms with van der Waals surface area (Å²) in [6, 6.07) is 15.3. The van der Waals surface area contributed by atoms with Gasteiger partial charge in [0, 0.05) is 11.9 Å². The quantitative estimate of drug-likeness (QED) is 0.716. The lowest BCUT2D eigenvalue weighted by Gasteiger charge is -2.10. The first-order chi connectivity index (χ1) is 10.7. The van der Waals surface area contributed by atoms with Gasteiger partial charge in [-0.25, -0.2) is 4.98 Å². The summed E-state index contributed by atoms with van der Waals surface area (Å²) in [6.07, 6.45) is 0. The van der Waals surface area contributed by atoms with Crippen molar-refractivity contribution in [1.29, 1.82) is 0 Å². The van der Waals surface area contributed by atoms with Gasteiger partial charge in [0.05, 0.1) is 22.7 Å². The molecule has 3 nitrogen and oxygen atoms in total. The maximum atomic E-state index is 6.29. The predicted octanol–water partition coefficient (Wildman–Crippen LogP) is 5.16. The summed E-state index contributed by atoms with van der Waals surface area (Å²) < 4.78 is 5.22. The van der Waals surface area contributed by atoms with E-state index in [0.717, 1.165) is 22.3 Å². The van der Waals surface area contributed by atoms with Crippen molar-refractivity contribution in [2.75, 3.05) is 12.4 Å². The average molecular weight is 333 g/mol. The van der Waals surface area contributed by atoms with E-state index in [2.05, 4.69) is 10.3 Å². The van der Waals surface area contributed by atoms with E-state index in [1.807, 2.05) is 48.5 Å². The highest BCUT2D eigenvalue weighted by Crippen LogP contribution is 2.27. The van der Waals surface area contributed by atoms with Gasteiger partial charge in [-0.3, -0.25) is 0 Å². The minimum absolute atomic E-state index is 0.595. The molecule has 0 aliphatic carbocycles. The molecule has 1 N–H and O–H groups in total. The van der Waals surface area contributed by atoms with Crippen LogP contribution >= 0.6 is 23.2 Å². The molecule has 3 rings (SSSR count). The third kappa shape index (κ3) is 3.11. The molecule has 0 unspecified atom stereocenters. The van der Waals surface area contributed by atoms with Crippen molar-refractivity contribution >= 4 is 39.9 Å². The molecule has 1 heterocycles. The summed E-state index contributed by atoms with van der Waals surface area (Å²) in [5.41, 5.74) is 1.92. The average Bonchev–Trinajstić information content (AvgIpc) is 2.54. The zero-order valence-electron chi connectivity index (χ0n) is 11.9. The molecule has 112 valence electrons. The summed E-state index contributed by atoms with van der Waals surface area (Å²) >= 11 is 12.3. The molecular formula is C17H14Cl2N2O. The molecule has 0 fully saturated rings. The lowest BCUT2D eigenvalue weighted by molar-refractivity contribution is 0.414. The molecule has 0 radical (unpaired) electrons. The molecule has 0 saturated heterocycles. The molecule has 0 spiro atoms. The number of methoxy groups -OCH3 is 1. The smallest absolute Gasteiger partial charge is 0.137 e. The number of halogens is 2. The Morgan fingerprint density at radius 3 is 2.68 bits per heavy atom. The first-order valence-electron chi connectivity index (χ1n) is 6.79. The number of anilines is 1. The van der Waals surface area contributed by atoms with E-state index in [1.54, 1.807) is 7.11 Å². The number of hydrogen-bond acceptors (Lipinski definition) is 3. The molecule has 0 aliphatic rings. The second kappa shape index (κ2) is 6.42. The van der Waals surface area contributed by atoms with Crippen LogP contribution in [0.3, 0.4) is 0 Å². The number of nitrogens with one attached hydrogen (secondary N) is 1. The van der Waals surface area contributed by atoms with Crippen LogP contribution in [0.15, 0.2) is 48.5 Å². The molecule has 0 amide bonds. The van der Waals surface area contributed by atoms with Crippen LogP contribution in [0.4, 0.5) is 5.82 Å². The monoisotopic (exact) mass is 332 g/mol. The van der Waals surface area contributed by atoms with E-state index in [9.17, 15) is 0 Å². The van der Waals surface area contributed by atoms with Crippen molar-refractivity contribution in [2.45, 2.75) is 6.54 Å². The fraction of sp³-hybridized carbons (Fsp3) is 0.118.